The largest absolute Gasteiger partial charge is 0.506 e. The zero-order valence-electron chi connectivity index (χ0n) is 12.3. The lowest BCUT2D eigenvalue weighted by Gasteiger charge is -2.11. The van der Waals surface area contributed by atoms with Crippen LogP contribution in [0.2, 0.25) is 10.0 Å². The van der Waals surface area contributed by atoms with Gasteiger partial charge in [-0.15, -0.1) is 0 Å². The molecule has 0 spiro atoms. The van der Waals surface area contributed by atoms with Crippen molar-refractivity contribution in [3.05, 3.63) is 52.0 Å². The molecule has 2 aromatic rings. The number of carboxylic acid groups (broad SMARTS) is 1. The van der Waals surface area contributed by atoms with Crippen LogP contribution in [0.1, 0.15) is 5.56 Å². The monoisotopic (exact) mass is 369 g/mol. The molecule has 0 bridgehead atoms. The molecule has 2 aromatic carbocycles. The summed E-state index contributed by atoms with van der Waals surface area (Å²) in [4.78, 5) is 22.6. The van der Waals surface area contributed by atoms with Crippen LogP contribution in [0.15, 0.2) is 36.4 Å². The van der Waals surface area contributed by atoms with Gasteiger partial charge in [0.25, 0.3) is 5.91 Å². The smallest absolute Gasteiger partial charge is 0.307 e. The van der Waals surface area contributed by atoms with Crippen molar-refractivity contribution in [3.8, 4) is 11.5 Å². The highest BCUT2D eigenvalue weighted by Crippen LogP contribution is 2.28. The molecule has 2 rings (SSSR count). The number of halogens is 2. The molecule has 24 heavy (non-hydrogen) atoms. The van der Waals surface area contributed by atoms with Crippen LogP contribution in [0.3, 0.4) is 0 Å². The van der Waals surface area contributed by atoms with Crippen molar-refractivity contribution in [2.75, 3.05) is 11.9 Å². The van der Waals surface area contributed by atoms with Crippen molar-refractivity contribution in [1.82, 2.24) is 0 Å². The summed E-state index contributed by atoms with van der Waals surface area (Å²) in [6, 6.07) is 8.75. The van der Waals surface area contributed by atoms with Gasteiger partial charge in [0.2, 0.25) is 0 Å². The predicted octanol–water partition coefficient (Wildman–Crippen LogP) is 3.34. The van der Waals surface area contributed by atoms with Gasteiger partial charge in [-0.25, -0.2) is 0 Å². The van der Waals surface area contributed by atoms with Gasteiger partial charge >= 0.3 is 5.97 Å². The van der Waals surface area contributed by atoms with Crippen LogP contribution in [-0.4, -0.2) is 28.7 Å². The van der Waals surface area contributed by atoms with Gasteiger partial charge in [0, 0.05) is 11.1 Å². The summed E-state index contributed by atoms with van der Waals surface area (Å²) >= 11 is 11.7. The Kier molecular flexibility index (Phi) is 5.89. The molecule has 0 unspecified atom stereocenters. The summed E-state index contributed by atoms with van der Waals surface area (Å²) in [6.45, 7) is -0.358. The molecule has 0 fully saturated rings. The summed E-state index contributed by atoms with van der Waals surface area (Å²) in [6.07, 6.45) is -0.224. The topological polar surface area (TPSA) is 95.9 Å². The molecule has 0 radical (unpaired) electrons. The first kappa shape index (κ1) is 17.9. The maximum Gasteiger partial charge on any atom is 0.307 e. The molecule has 0 saturated carbocycles. The van der Waals surface area contributed by atoms with Gasteiger partial charge in [0.1, 0.15) is 11.5 Å². The van der Waals surface area contributed by atoms with Crippen molar-refractivity contribution in [2.24, 2.45) is 0 Å². The molecule has 0 aliphatic heterocycles. The molecular formula is C16H13Cl2NO5. The average molecular weight is 370 g/mol. The third kappa shape index (κ3) is 5.04. The van der Waals surface area contributed by atoms with Crippen LogP contribution in [0.5, 0.6) is 11.5 Å². The number of carbonyl (C=O) groups excluding carboxylic acids is 1. The number of aliphatic carboxylic acids is 1. The van der Waals surface area contributed by atoms with E-state index in [4.69, 9.17) is 33.0 Å². The van der Waals surface area contributed by atoms with Crippen LogP contribution >= 0.6 is 23.2 Å². The maximum atomic E-state index is 11.9. The summed E-state index contributed by atoms with van der Waals surface area (Å²) in [7, 11) is 0. The molecule has 0 saturated heterocycles. The molecule has 126 valence electrons. The fourth-order valence-corrected chi connectivity index (χ4v) is 2.22. The zero-order valence-corrected chi connectivity index (χ0v) is 13.8. The molecule has 6 nitrogen and oxygen atoms in total. The Morgan fingerprint density at radius 2 is 1.88 bits per heavy atom. The van der Waals surface area contributed by atoms with E-state index < -0.39 is 11.9 Å². The number of aromatic hydroxyl groups is 1. The standard InChI is InChI=1S/C16H13Cl2NO5/c17-10-2-3-11(18)14(7-10)24-8-15(21)19-12-5-9(6-16(22)23)1-4-13(12)20/h1-5,7,20H,6,8H2,(H,19,21)(H,22,23). The number of anilines is 1. The Hall–Kier alpha value is -2.44. The van der Waals surface area contributed by atoms with Crippen molar-refractivity contribution in [3.63, 3.8) is 0 Å². The molecule has 0 heterocycles. The van der Waals surface area contributed by atoms with Gasteiger partial charge in [-0.3, -0.25) is 9.59 Å². The van der Waals surface area contributed by atoms with Gasteiger partial charge in [-0.1, -0.05) is 29.3 Å². The average Bonchev–Trinajstić information content (AvgIpc) is 2.51. The van der Waals surface area contributed by atoms with Crippen molar-refractivity contribution >= 4 is 40.8 Å². The lowest BCUT2D eigenvalue weighted by atomic mass is 10.1. The van der Waals surface area contributed by atoms with E-state index in [1.54, 1.807) is 12.1 Å². The SMILES string of the molecule is O=C(O)Cc1ccc(O)c(NC(=O)COc2cc(Cl)ccc2Cl)c1. The van der Waals surface area contributed by atoms with E-state index in [0.717, 1.165) is 0 Å². The number of amides is 1. The second-order valence-electron chi connectivity index (χ2n) is 4.83. The van der Waals surface area contributed by atoms with Crippen LogP contribution < -0.4 is 10.1 Å². The number of nitrogens with one attached hydrogen (secondary N) is 1. The lowest BCUT2D eigenvalue weighted by molar-refractivity contribution is -0.136. The number of phenols is 1. The molecule has 0 aromatic heterocycles. The van der Waals surface area contributed by atoms with E-state index in [-0.39, 0.29) is 30.2 Å². The first-order valence-corrected chi connectivity index (χ1v) is 7.52. The molecule has 0 aliphatic carbocycles. The van der Waals surface area contributed by atoms with Crippen LogP contribution in [0.25, 0.3) is 0 Å². The third-order valence-corrected chi connectivity index (χ3v) is 3.49. The van der Waals surface area contributed by atoms with E-state index in [0.29, 0.717) is 15.6 Å². The first-order chi connectivity index (χ1) is 11.3. The third-order valence-electron chi connectivity index (χ3n) is 2.94. The maximum absolute atomic E-state index is 11.9. The zero-order chi connectivity index (χ0) is 17.7. The Labute approximate surface area is 147 Å². The van der Waals surface area contributed by atoms with Crippen LogP contribution in [-0.2, 0) is 16.0 Å². The number of hydrogen-bond donors (Lipinski definition) is 3. The molecule has 0 atom stereocenters. The summed E-state index contributed by atoms with van der Waals surface area (Å²) in [5, 5.41) is 21.7. The van der Waals surface area contributed by atoms with E-state index >= 15 is 0 Å². The normalized spacial score (nSPS) is 10.2. The van der Waals surface area contributed by atoms with Crippen LogP contribution in [0, 0.1) is 0 Å². The second-order valence-corrected chi connectivity index (χ2v) is 5.68. The van der Waals surface area contributed by atoms with E-state index in [1.807, 2.05) is 0 Å². The highest BCUT2D eigenvalue weighted by molar-refractivity contribution is 6.34. The number of carboxylic acids is 1. The van der Waals surface area contributed by atoms with Gasteiger partial charge in [-0.05, 0) is 29.8 Å². The Morgan fingerprint density at radius 1 is 1.12 bits per heavy atom. The minimum Gasteiger partial charge on any atom is -0.506 e. The van der Waals surface area contributed by atoms with E-state index in [9.17, 15) is 14.7 Å². The molecule has 8 heteroatoms. The van der Waals surface area contributed by atoms with Crippen molar-refractivity contribution in [1.29, 1.82) is 0 Å². The number of ether oxygens (including phenoxy) is 1. The number of carbonyl (C=O) groups is 2. The van der Waals surface area contributed by atoms with Gasteiger partial charge in [-0.2, -0.15) is 0 Å². The Bertz CT molecular complexity index is 779. The number of benzene rings is 2. The van der Waals surface area contributed by atoms with Crippen molar-refractivity contribution in [2.45, 2.75) is 6.42 Å². The summed E-state index contributed by atoms with van der Waals surface area (Å²) < 4.78 is 5.28. The molecular weight excluding hydrogens is 357 g/mol. The number of hydrogen-bond acceptors (Lipinski definition) is 4. The highest BCUT2D eigenvalue weighted by atomic mass is 35.5. The molecule has 3 N–H and O–H groups in total. The van der Waals surface area contributed by atoms with Gasteiger partial charge in [0.15, 0.2) is 6.61 Å². The molecule has 0 aliphatic rings. The second kappa shape index (κ2) is 7.90. The Morgan fingerprint density at radius 3 is 2.58 bits per heavy atom. The number of rotatable bonds is 6. The quantitative estimate of drug-likeness (QED) is 0.678. The minimum absolute atomic E-state index is 0.0968. The summed E-state index contributed by atoms with van der Waals surface area (Å²) in [5.74, 6) is -1.49. The van der Waals surface area contributed by atoms with Crippen molar-refractivity contribution < 1.29 is 24.5 Å². The fourth-order valence-electron chi connectivity index (χ4n) is 1.89. The number of phenolic OH excluding ortho intramolecular Hbond substituents is 1. The summed E-state index contributed by atoms with van der Waals surface area (Å²) in [5.41, 5.74) is 0.536. The lowest BCUT2D eigenvalue weighted by Crippen LogP contribution is -2.20. The van der Waals surface area contributed by atoms with Gasteiger partial charge in [0.05, 0.1) is 17.1 Å². The van der Waals surface area contributed by atoms with Gasteiger partial charge < -0.3 is 20.3 Å². The van der Waals surface area contributed by atoms with E-state index in [1.165, 1.54) is 24.3 Å². The van der Waals surface area contributed by atoms with Crippen LogP contribution in [0.4, 0.5) is 5.69 Å². The minimum atomic E-state index is -1.02. The molecule has 1 amide bonds. The fraction of sp³-hybridized carbons (Fsp3) is 0.125. The highest BCUT2D eigenvalue weighted by Gasteiger charge is 2.11. The predicted molar refractivity (Wildman–Crippen MR) is 90.0 cm³/mol. The van der Waals surface area contributed by atoms with E-state index in [2.05, 4.69) is 5.32 Å². The first-order valence-electron chi connectivity index (χ1n) is 6.76. The Balaban J connectivity index is 2.01.